The maximum Gasteiger partial charge on any atom is 0.178 e. The zero-order chi connectivity index (χ0) is 27.6. The van der Waals surface area contributed by atoms with Crippen molar-refractivity contribution < 1.29 is 9.47 Å². The molecule has 0 amide bonds. The first-order valence-electron chi connectivity index (χ1n) is 13.7. The van der Waals surface area contributed by atoms with Crippen LogP contribution in [0.4, 0.5) is 0 Å². The maximum absolute atomic E-state index is 6.67. The van der Waals surface area contributed by atoms with Gasteiger partial charge in [-0.05, 0) is 41.0 Å². The molecule has 1 aromatic heterocycles. The highest BCUT2D eigenvalue weighted by molar-refractivity contribution is 5.88. The highest BCUT2D eigenvalue weighted by Gasteiger charge is 2.39. The van der Waals surface area contributed by atoms with Crippen LogP contribution in [0, 0.1) is 0 Å². The molecular weight excluding hydrogens is 506 g/mol. The monoisotopic (exact) mass is 531 g/mol. The van der Waals surface area contributed by atoms with E-state index in [1.165, 1.54) is 16.7 Å². The van der Waals surface area contributed by atoms with Crippen molar-refractivity contribution >= 4 is 0 Å². The molecule has 1 aliphatic heterocycles. The van der Waals surface area contributed by atoms with Crippen molar-refractivity contribution in [1.82, 2.24) is 15.0 Å². The summed E-state index contributed by atoms with van der Waals surface area (Å²) in [6, 6.07) is 38.5. The van der Waals surface area contributed by atoms with Gasteiger partial charge in [-0.1, -0.05) is 105 Å². The second-order valence-electron chi connectivity index (χ2n) is 10.9. The van der Waals surface area contributed by atoms with Crippen LogP contribution in [0.2, 0.25) is 0 Å². The van der Waals surface area contributed by atoms with Crippen LogP contribution in [0.25, 0.3) is 45.3 Å². The molecule has 2 heterocycles. The largest absolute Gasteiger partial charge is 0.449 e. The summed E-state index contributed by atoms with van der Waals surface area (Å²) in [6.45, 7) is 4.52. The van der Waals surface area contributed by atoms with E-state index in [0.717, 1.165) is 33.8 Å². The van der Waals surface area contributed by atoms with Gasteiger partial charge in [-0.3, -0.25) is 0 Å². The predicted octanol–water partition coefficient (Wildman–Crippen LogP) is 9.08. The van der Waals surface area contributed by atoms with Crippen molar-refractivity contribution in [1.29, 1.82) is 0 Å². The van der Waals surface area contributed by atoms with E-state index in [0.29, 0.717) is 29.0 Å². The molecule has 5 nitrogen and oxygen atoms in total. The van der Waals surface area contributed by atoms with E-state index in [1.807, 2.05) is 84.9 Å². The van der Waals surface area contributed by atoms with Gasteiger partial charge in [0, 0.05) is 27.7 Å². The number of rotatable bonds is 3. The lowest BCUT2D eigenvalue weighted by Gasteiger charge is -2.25. The van der Waals surface area contributed by atoms with Crippen molar-refractivity contribution in [3.05, 3.63) is 126 Å². The Morgan fingerprint density at radius 3 is 1.76 bits per heavy atom. The molecule has 5 aromatic carbocycles. The number of nitrogens with zero attached hydrogens (tertiary/aromatic N) is 3. The number of ether oxygens (including phenoxy) is 2. The molecule has 8 rings (SSSR count). The van der Waals surface area contributed by atoms with E-state index in [4.69, 9.17) is 24.4 Å². The molecule has 41 heavy (non-hydrogen) atoms. The van der Waals surface area contributed by atoms with Gasteiger partial charge in [0.05, 0.1) is 0 Å². The fraction of sp³-hybridized carbons (Fsp3) is 0.0833. The SMILES string of the molecule is CC1(C)c2ccccc2-c2c1ccc1c2Oc2cc(-c3nc(-c4ccccc4)nc(-c4ccccc4)n3)ccc2O1. The van der Waals surface area contributed by atoms with Crippen LogP contribution < -0.4 is 9.47 Å². The fourth-order valence-electron chi connectivity index (χ4n) is 5.90. The summed E-state index contributed by atoms with van der Waals surface area (Å²) in [4.78, 5) is 14.6. The van der Waals surface area contributed by atoms with Crippen LogP contribution in [0.3, 0.4) is 0 Å². The average molecular weight is 532 g/mol. The molecule has 5 heteroatoms. The Kier molecular flexibility index (Phi) is 5.10. The molecule has 1 aliphatic carbocycles. The Balaban J connectivity index is 1.25. The third-order valence-electron chi connectivity index (χ3n) is 8.00. The lowest BCUT2D eigenvalue weighted by atomic mass is 9.82. The highest BCUT2D eigenvalue weighted by Crippen LogP contribution is 2.58. The maximum atomic E-state index is 6.67. The Bertz CT molecular complexity index is 1910. The Labute approximate surface area is 238 Å². The second kappa shape index (κ2) is 8.86. The summed E-state index contributed by atoms with van der Waals surface area (Å²) >= 11 is 0. The van der Waals surface area contributed by atoms with E-state index >= 15 is 0 Å². The Hall–Kier alpha value is -5.29. The number of fused-ring (bicyclic) bond motifs is 6. The van der Waals surface area contributed by atoms with Crippen LogP contribution in [0.15, 0.2) is 115 Å². The van der Waals surface area contributed by atoms with Crippen LogP contribution in [0.5, 0.6) is 23.0 Å². The summed E-state index contributed by atoms with van der Waals surface area (Å²) in [5.41, 5.74) is 7.35. The highest BCUT2D eigenvalue weighted by atomic mass is 16.6. The normalized spacial score (nSPS) is 13.7. The summed E-state index contributed by atoms with van der Waals surface area (Å²) < 4.78 is 13.1. The van der Waals surface area contributed by atoms with Crippen molar-refractivity contribution in [3.8, 4) is 68.3 Å². The summed E-state index contributed by atoms with van der Waals surface area (Å²) in [5.74, 6) is 4.56. The first-order chi connectivity index (χ1) is 20.1. The molecule has 0 unspecified atom stereocenters. The molecule has 0 fully saturated rings. The van der Waals surface area contributed by atoms with Crippen LogP contribution in [-0.2, 0) is 5.41 Å². The van der Waals surface area contributed by atoms with Gasteiger partial charge in [0.25, 0.3) is 0 Å². The topological polar surface area (TPSA) is 57.1 Å². The van der Waals surface area contributed by atoms with E-state index in [1.54, 1.807) is 0 Å². The van der Waals surface area contributed by atoms with E-state index in [9.17, 15) is 0 Å². The molecule has 0 atom stereocenters. The van der Waals surface area contributed by atoms with Gasteiger partial charge in [0.2, 0.25) is 0 Å². The number of hydrogen-bond acceptors (Lipinski definition) is 5. The van der Waals surface area contributed by atoms with E-state index in [2.05, 4.69) is 44.2 Å². The minimum Gasteiger partial charge on any atom is -0.449 e. The molecule has 6 aromatic rings. The lowest BCUT2D eigenvalue weighted by Crippen LogP contribution is -2.15. The van der Waals surface area contributed by atoms with Crippen molar-refractivity contribution in [3.63, 3.8) is 0 Å². The smallest absolute Gasteiger partial charge is 0.178 e. The third-order valence-corrected chi connectivity index (χ3v) is 8.00. The van der Waals surface area contributed by atoms with Gasteiger partial charge in [0.1, 0.15) is 0 Å². The van der Waals surface area contributed by atoms with Gasteiger partial charge in [0.15, 0.2) is 40.5 Å². The molecule has 0 N–H and O–H groups in total. The van der Waals surface area contributed by atoms with Gasteiger partial charge >= 0.3 is 0 Å². The Morgan fingerprint density at radius 1 is 0.488 bits per heavy atom. The molecule has 0 spiro atoms. The van der Waals surface area contributed by atoms with E-state index < -0.39 is 0 Å². The summed E-state index contributed by atoms with van der Waals surface area (Å²) in [6.07, 6.45) is 0. The third kappa shape index (κ3) is 3.74. The molecule has 0 saturated heterocycles. The predicted molar refractivity (Wildman–Crippen MR) is 160 cm³/mol. The zero-order valence-corrected chi connectivity index (χ0v) is 22.6. The molecule has 0 saturated carbocycles. The first kappa shape index (κ1) is 23.6. The Morgan fingerprint density at radius 2 is 1.07 bits per heavy atom. The van der Waals surface area contributed by atoms with Crippen LogP contribution in [0.1, 0.15) is 25.0 Å². The molecule has 0 bridgehead atoms. The van der Waals surface area contributed by atoms with Crippen LogP contribution in [-0.4, -0.2) is 15.0 Å². The number of aromatic nitrogens is 3. The minimum atomic E-state index is -0.126. The van der Waals surface area contributed by atoms with Gasteiger partial charge in [-0.25, -0.2) is 15.0 Å². The fourth-order valence-corrected chi connectivity index (χ4v) is 5.90. The summed E-state index contributed by atoms with van der Waals surface area (Å²) in [7, 11) is 0. The quantitative estimate of drug-likeness (QED) is 0.228. The molecule has 2 aliphatic rings. The van der Waals surface area contributed by atoms with Crippen molar-refractivity contribution in [2.75, 3.05) is 0 Å². The van der Waals surface area contributed by atoms with Crippen molar-refractivity contribution in [2.45, 2.75) is 19.3 Å². The van der Waals surface area contributed by atoms with Gasteiger partial charge in [-0.15, -0.1) is 0 Å². The first-order valence-corrected chi connectivity index (χ1v) is 13.7. The zero-order valence-electron chi connectivity index (χ0n) is 22.6. The second-order valence-corrected chi connectivity index (χ2v) is 10.9. The minimum absolute atomic E-state index is 0.126. The standard InChI is InChI=1S/C36H25N3O2/c1-36(2)26-16-10-9-15-25(26)31-27(36)18-20-29-32(31)41-30-21-24(17-19-28(30)40-29)35-38-33(22-11-5-3-6-12-22)37-34(39-35)23-13-7-4-8-14-23/h3-21H,1-2H3. The van der Waals surface area contributed by atoms with Gasteiger partial charge in [-0.2, -0.15) is 0 Å². The summed E-state index contributed by atoms with van der Waals surface area (Å²) in [5, 5.41) is 0. The van der Waals surface area contributed by atoms with Crippen molar-refractivity contribution in [2.24, 2.45) is 0 Å². The molecule has 0 radical (unpaired) electrons. The lowest BCUT2D eigenvalue weighted by molar-refractivity contribution is 0.360. The number of benzene rings is 5. The average Bonchev–Trinajstić information content (AvgIpc) is 3.27. The van der Waals surface area contributed by atoms with Gasteiger partial charge < -0.3 is 9.47 Å². The molecular formula is C36H25N3O2. The van der Waals surface area contributed by atoms with Crippen LogP contribution >= 0.6 is 0 Å². The number of hydrogen-bond donors (Lipinski definition) is 0. The van der Waals surface area contributed by atoms with E-state index in [-0.39, 0.29) is 5.41 Å². The molecule has 196 valence electrons.